The minimum absolute atomic E-state index is 0.937. The van der Waals surface area contributed by atoms with Crippen molar-refractivity contribution in [3.8, 4) is 11.4 Å². The van der Waals surface area contributed by atoms with Gasteiger partial charge in [0.15, 0.2) is 0 Å². The van der Waals surface area contributed by atoms with Crippen molar-refractivity contribution in [2.24, 2.45) is 0 Å². The van der Waals surface area contributed by atoms with Gasteiger partial charge in [0, 0.05) is 43.7 Å². The second kappa shape index (κ2) is 12.0. The van der Waals surface area contributed by atoms with Crippen molar-refractivity contribution < 1.29 is 0 Å². The molecule has 260 valence electrons. The zero-order chi connectivity index (χ0) is 36.7. The summed E-state index contributed by atoms with van der Waals surface area (Å²) in [5.74, 6) is 0. The molecule has 4 aromatic heterocycles. The van der Waals surface area contributed by atoms with Crippen LogP contribution in [0.5, 0.6) is 0 Å². The lowest BCUT2D eigenvalue weighted by Crippen LogP contribution is -1.93. The Morgan fingerprint density at radius 1 is 0.268 bits per heavy atom. The summed E-state index contributed by atoms with van der Waals surface area (Å²) in [6, 6.07) is 65.9. The number of hydrogen-bond acceptors (Lipinski definition) is 2. The van der Waals surface area contributed by atoms with Crippen LogP contribution in [-0.4, -0.2) is 19.1 Å². The maximum Gasteiger partial charge on any atom is 0.0724 e. The molecule has 12 aromatic rings. The highest BCUT2D eigenvalue weighted by Gasteiger charge is 2.16. The molecule has 0 aliphatic rings. The molecule has 12 rings (SSSR count). The predicted molar refractivity (Wildman–Crippen MR) is 236 cm³/mol. The van der Waals surface area contributed by atoms with E-state index in [0.717, 1.165) is 71.4 Å². The van der Waals surface area contributed by atoms with Crippen molar-refractivity contribution in [2.75, 3.05) is 0 Å². The first kappa shape index (κ1) is 30.9. The number of rotatable bonds is 2. The van der Waals surface area contributed by atoms with Gasteiger partial charge in [-0.25, -0.2) is 0 Å². The van der Waals surface area contributed by atoms with E-state index in [1.165, 1.54) is 37.7 Å². The first-order chi connectivity index (χ1) is 27.7. The van der Waals surface area contributed by atoms with E-state index in [4.69, 9.17) is 9.97 Å². The maximum atomic E-state index is 5.17. The quantitative estimate of drug-likeness (QED) is 0.179. The second-order valence-corrected chi connectivity index (χ2v) is 14.7. The molecule has 56 heavy (non-hydrogen) atoms. The second-order valence-electron chi connectivity index (χ2n) is 14.7. The zero-order valence-electron chi connectivity index (χ0n) is 30.3. The van der Waals surface area contributed by atoms with E-state index in [0.29, 0.717) is 0 Å². The third-order valence-corrected chi connectivity index (χ3v) is 11.5. The average Bonchev–Trinajstić information content (AvgIpc) is 3.78. The SMILES string of the molecule is c1ccc(-n2c3ccc4cc3c3cc(ncc32)c2ccc3c(c2)c2cc(ncc2n3-c2ccccc2)c2cccc(c2)c2cccc(c2)c2cccc4c2)cc1. The van der Waals surface area contributed by atoms with Gasteiger partial charge in [-0.05, 0) is 111 Å². The summed E-state index contributed by atoms with van der Waals surface area (Å²) in [6.45, 7) is 0. The van der Waals surface area contributed by atoms with Crippen LogP contribution in [-0.2, 0) is 0 Å². The van der Waals surface area contributed by atoms with E-state index in [9.17, 15) is 0 Å². The number of nitrogens with zero attached hydrogens (tertiary/aromatic N) is 4. The molecule has 0 N–H and O–H groups in total. The molecule has 4 nitrogen and oxygen atoms in total. The molecule has 0 spiro atoms. The third-order valence-electron chi connectivity index (χ3n) is 11.5. The Kier molecular flexibility index (Phi) is 6.60. The van der Waals surface area contributed by atoms with Crippen LogP contribution in [0.2, 0.25) is 0 Å². The van der Waals surface area contributed by atoms with Gasteiger partial charge >= 0.3 is 0 Å². The van der Waals surface area contributed by atoms with Crippen LogP contribution in [0.1, 0.15) is 0 Å². The molecule has 0 unspecified atom stereocenters. The van der Waals surface area contributed by atoms with Crippen LogP contribution in [0.3, 0.4) is 0 Å². The van der Waals surface area contributed by atoms with Gasteiger partial charge in [0.25, 0.3) is 0 Å². The molecule has 0 saturated heterocycles. The van der Waals surface area contributed by atoms with Crippen LogP contribution >= 0.6 is 0 Å². The smallest absolute Gasteiger partial charge is 0.0724 e. The number of pyridine rings is 2. The topological polar surface area (TPSA) is 35.6 Å². The fourth-order valence-corrected chi connectivity index (χ4v) is 8.82. The van der Waals surface area contributed by atoms with E-state index in [1.807, 2.05) is 12.4 Å². The molecule has 0 amide bonds. The lowest BCUT2D eigenvalue weighted by Gasteiger charge is -2.07. The summed E-state index contributed by atoms with van der Waals surface area (Å²) in [6.07, 6.45) is 4.08. The largest absolute Gasteiger partial charge is 0.308 e. The molecule has 4 heteroatoms. The molecule has 0 saturated carbocycles. The highest BCUT2D eigenvalue weighted by atomic mass is 15.0. The first-order valence-electron chi connectivity index (χ1n) is 19.0. The molecule has 8 aromatic carbocycles. The monoisotopic (exact) mass is 712 g/mol. The summed E-state index contributed by atoms with van der Waals surface area (Å²) < 4.78 is 4.66. The number of para-hydroxylation sites is 2. The predicted octanol–water partition coefficient (Wildman–Crippen LogP) is 13.6. The fourth-order valence-electron chi connectivity index (χ4n) is 8.82. The highest BCUT2D eigenvalue weighted by Crippen LogP contribution is 2.37. The van der Waals surface area contributed by atoms with Gasteiger partial charge in [-0.1, -0.05) is 103 Å². The van der Waals surface area contributed by atoms with Gasteiger partial charge in [-0.2, -0.15) is 0 Å². The molecule has 0 radical (unpaired) electrons. The van der Waals surface area contributed by atoms with Crippen molar-refractivity contribution in [3.05, 3.63) is 194 Å². The van der Waals surface area contributed by atoms with Gasteiger partial charge in [0.2, 0.25) is 0 Å². The van der Waals surface area contributed by atoms with Crippen LogP contribution in [0, 0.1) is 0 Å². The van der Waals surface area contributed by atoms with E-state index in [-0.39, 0.29) is 0 Å². The number of aromatic nitrogens is 4. The lowest BCUT2D eigenvalue weighted by molar-refractivity contribution is 1.17. The van der Waals surface area contributed by atoms with Crippen LogP contribution in [0.15, 0.2) is 194 Å². The Labute approximate surface area is 321 Å². The minimum Gasteiger partial charge on any atom is -0.308 e. The molecule has 4 heterocycles. The van der Waals surface area contributed by atoms with E-state index < -0.39 is 0 Å². The Bertz CT molecular complexity index is 3400. The summed E-state index contributed by atoms with van der Waals surface area (Å²) in [5, 5.41) is 13.9. The van der Waals surface area contributed by atoms with Crippen LogP contribution in [0.4, 0.5) is 0 Å². The van der Waals surface area contributed by atoms with Gasteiger partial charge in [0.1, 0.15) is 0 Å². The summed E-state index contributed by atoms with van der Waals surface area (Å²) >= 11 is 0. The number of hydrogen-bond donors (Lipinski definition) is 0. The van der Waals surface area contributed by atoms with Crippen molar-refractivity contribution in [1.82, 2.24) is 19.1 Å². The Morgan fingerprint density at radius 2 is 0.625 bits per heavy atom. The van der Waals surface area contributed by atoms with Crippen molar-refractivity contribution in [3.63, 3.8) is 0 Å². The minimum atomic E-state index is 0.937. The van der Waals surface area contributed by atoms with Gasteiger partial charge < -0.3 is 9.13 Å². The third kappa shape index (κ3) is 4.73. The summed E-state index contributed by atoms with van der Waals surface area (Å²) in [5.41, 5.74) is 8.52. The highest BCUT2D eigenvalue weighted by molar-refractivity contribution is 6.16. The van der Waals surface area contributed by atoms with Crippen LogP contribution in [0.25, 0.3) is 109 Å². The molecule has 0 atom stereocenters. The Morgan fingerprint density at radius 3 is 1.11 bits per heavy atom. The van der Waals surface area contributed by atoms with E-state index in [2.05, 4.69) is 191 Å². The van der Waals surface area contributed by atoms with E-state index >= 15 is 0 Å². The van der Waals surface area contributed by atoms with Crippen LogP contribution < -0.4 is 0 Å². The summed E-state index contributed by atoms with van der Waals surface area (Å²) in [4.78, 5) is 10.3. The van der Waals surface area contributed by atoms with Gasteiger partial charge in [-0.15, -0.1) is 0 Å². The lowest BCUT2D eigenvalue weighted by atomic mass is 10.0. The number of fused-ring (bicyclic) bond motifs is 15. The normalized spacial score (nSPS) is 11.9. The molecule has 0 aliphatic heterocycles. The molecule has 0 fully saturated rings. The van der Waals surface area contributed by atoms with Crippen molar-refractivity contribution >= 4 is 97.7 Å². The maximum absolute atomic E-state index is 5.17. The van der Waals surface area contributed by atoms with Crippen molar-refractivity contribution in [2.45, 2.75) is 0 Å². The molecular weight excluding hydrogens is 681 g/mol. The standard InChI is InChI=1S/C52H32N4/c1-3-16-41(17-4-1)55-49-22-20-38-27-43(49)45-30-48(54-32-51(45)55)40-21-23-50-44(28-40)46-29-47(53-31-52(46)56(50)42-18-5-2-6-19-42)39-15-9-14-37(26-39)35-12-7-10-33(24-35)34-11-8-13-36(38)25-34/h1-32H. The fraction of sp³-hybridized carbons (Fsp3) is 0. The zero-order valence-corrected chi connectivity index (χ0v) is 30.3. The number of benzene rings is 7. The van der Waals surface area contributed by atoms with Crippen molar-refractivity contribution in [1.29, 1.82) is 0 Å². The van der Waals surface area contributed by atoms with Gasteiger partial charge in [-0.3, -0.25) is 9.97 Å². The molecule has 14 bridgehead atoms. The summed E-state index contributed by atoms with van der Waals surface area (Å²) in [7, 11) is 0. The average molecular weight is 713 g/mol. The molecule has 0 aliphatic carbocycles. The molecular formula is C52H32N4. The Balaban J connectivity index is 1.27. The Hall–Kier alpha value is -7.56. The van der Waals surface area contributed by atoms with Gasteiger partial charge in [0.05, 0.1) is 45.5 Å². The first-order valence-corrected chi connectivity index (χ1v) is 19.0. The van der Waals surface area contributed by atoms with E-state index in [1.54, 1.807) is 0 Å².